The van der Waals surface area contributed by atoms with Crippen LogP contribution in [0.15, 0.2) is 30.3 Å². The number of rotatable bonds is 6. The number of halogens is 1. The lowest BCUT2D eigenvalue weighted by Crippen LogP contribution is -2.30. The summed E-state index contributed by atoms with van der Waals surface area (Å²) in [5.41, 5.74) is 6.60. The van der Waals surface area contributed by atoms with Gasteiger partial charge in [0.2, 0.25) is 5.91 Å². The maximum absolute atomic E-state index is 11.7. The van der Waals surface area contributed by atoms with Crippen LogP contribution in [-0.4, -0.2) is 37.0 Å². The Morgan fingerprint density at radius 3 is 2.80 bits per heavy atom. The van der Waals surface area contributed by atoms with Gasteiger partial charge in [0.05, 0.1) is 13.2 Å². The smallest absolute Gasteiger partial charge is 0.223 e. The van der Waals surface area contributed by atoms with Crippen LogP contribution in [0.25, 0.3) is 0 Å². The Balaban J connectivity index is 0.00000200. The van der Waals surface area contributed by atoms with E-state index in [2.05, 4.69) is 12.1 Å². The van der Waals surface area contributed by atoms with E-state index >= 15 is 0 Å². The van der Waals surface area contributed by atoms with E-state index in [1.54, 1.807) is 0 Å². The molecule has 2 rings (SSSR count). The molecule has 1 unspecified atom stereocenters. The summed E-state index contributed by atoms with van der Waals surface area (Å²) in [7, 11) is 0. The molecule has 112 valence electrons. The second-order valence-corrected chi connectivity index (χ2v) is 5.03. The van der Waals surface area contributed by atoms with Crippen LogP contribution in [-0.2, 0) is 16.1 Å². The Morgan fingerprint density at radius 1 is 1.35 bits per heavy atom. The molecule has 0 bridgehead atoms. The minimum absolute atomic E-state index is 0. The SMILES string of the molecule is Cl.NCCC(=O)N1CCC(COCc2ccccc2)C1. The molecule has 4 nitrogen and oxygen atoms in total. The monoisotopic (exact) mass is 298 g/mol. The number of nitrogens with zero attached hydrogens (tertiary/aromatic N) is 1. The standard InChI is InChI=1S/C15H22N2O2.ClH/c16-8-6-15(18)17-9-7-14(10-17)12-19-11-13-4-2-1-3-5-13;/h1-5,14H,6-12,16H2;1H. The summed E-state index contributed by atoms with van der Waals surface area (Å²) in [5.74, 6) is 0.637. The maximum atomic E-state index is 11.7. The van der Waals surface area contributed by atoms with Gasteiger partial charge in [-0.05, 0) is 12.0 Å². The van der Waals surface area contributed by atoms with Crippen molar-refractivity contribution in [3.8, 4) is 0 Å². The Hall–Kier alpha value is -1.10. The second kappa shape index (κ2) is 8.95. The highest BCUT2D eigenvalue weighted by Crippen LogP contribution is 2.17. The molecule has 1 amide bonds. The Kier molecular flexibility index (Phi) is 7.59. The summed E-state index contributed by atoms with van der Waals surface area (Å²) in [6.45, 7) is 3.46. The summed E-state index contributed by atoms with van der Waals surface area (Å²) in [5, 5.41) is 0. The third kappa shape index (κ3) is 5.12. The molecule has 1 aliphatic rings. The molecule has 1 aromatic carbocycles. The summed E-state index contributed by atoms with van der Waals surface area (Å²) >= 11 is 0. The van der Waals surface area contributed by atoms with Crippen molar-refractivity contribution in [3.63, 3.8) is 0 Å². The zero-order valence-corrected chi connectivity index (χ0v) is 12.5. The van der Waals surface area contributed by atoms with Gasteiger partial charge in [-0.2, -0.15) is 0 Å². The lowest BCUT2D eigenvalue weighted by molar-refractivity contribution is -0.130. The van der Waals surface area contributed by atoms with Gasteiger partial charge in [0, 0.05) is 32.0 Å². The molecule has 1 aliphatic heterocycles. The number of ether oxygens (including phenoxy) is 1. The molecular weight excluding hydrogens is 276 g/mol. The summed E-state index contributed by atoms with van der Waals surface area (Å²) in [4.78, 5) is 13.6. The van der Waals surface area contributed by atoms with Gasteiger partial charge in [-0.1, -0.05) is 30.3 Å². The highest BCUT2D eigenvalue weighted by molar-refractivity contribution is 5.85. The van der Waals surface area contributed by atoms with E-state index in [0.717, 1.165) is 26.1 Å². The Bertz CT molecular complexity index is 400. The lowest BCUT2D eigenvalue weighted by atomic mass is 10.1. The molecule has 1 atom stereocenters. The van der Waals surface area contributed by atoms with Crippen LogP contribution in [0.4, 0.5) is 0 Å². The zero-order chi connectivity index (χ0) is 13.5. The first-order valence-electron chi connectivity index (χ1n) is 6.89. The number of carbonyl (C=O) groups excluding carboxylic acids is 1. The molecular formula is C15H23ClN2O2. The molecule has 0 saturated carbocycles. The minimum atomic E-state index is 0. The first-order valence-corrected chi connectivity index (χ1v) is 6.89. The van der Waals surface area contributed by atoms with Gasteiger partial charge < -0.3 is 15.4 Å². The Labute approximate surface area is 126 Å². The number of carbonyl (C=O) groups is 1. The van der Waals surface area contributed by atoms with Gasteiger partial charge in [0.25, 0.3) is 0 Å². The van der Waals surface area contributed by atoms with Crippen LogP contribution in [0.2, 0.25) is 0 Å². The molecule has 1 fully saturated rings. The van der Waals surface area contributed by atoms with Crippen LogP contribution in [0, 0.1) is 5.92 Å². The molecule has 2 N–H and O–H groups in total. The number of likely N-dealkylation sites (tertiary alicyclic amines) is 1. The van der Waals surface area contributed by atoms with E-state index < -0.39 is 0 Å². The fraction of sp³-hybridized carbons (Fsp3) is 0.533. The van der Waals surface area contributed by atoms with Crippen molar-refractivity contribution >= 4 is 18.3 Å². The van der Waals surface area contributed by atoms with Crippen molar-refractivity contribution in [1.29, 1.82) is 0 Å². The fourth-order valence-electron chi connectivity index (χ4n) is 2.39. The lowest BCUT2D eigenvalue weighted by Gasteiger charge is -2.16. The predicted molar refractivity (Wildman–Crippen MR) is 81.7 cm³/mol. The average Bonchev–Trinajstić information content (AvgIpc) is 2.89. The number of nitrogens with two attached hydrogens (primary N) is 1. The second-order valence-electron chi connectivity index (χ2n) is 5.03. The number of benzene rings is 1. The van der Waals surface area contributed by atoms with E-state index in [-0.39, 0.29) is 18.3 Å². The van der Waals surface area contributed by atoms with E-state index in [4.69, 9.17) is 10.5 Å². The number of hydrogen-bond acceptors (Lipinski definition) is 3. The first-order chi connectivity index (χ1) is 9.29. The van der Waals surface area contributed by atoms with Gasteiger partial charge in [-0.3, -0.25) is 4.79 Å². The van der Waals surface area contributed by atoms with Crippen molar-refractivity contribution in [2.24, 2.45) is 11.7 Å². The summed E-state index contributed by atoms with van der Waals surface area (Å²) < 4.78 is 5.73. The van der Waals surface area contributed by atoms with Crippen molar-refractivity contribution < 1.29 is 9.53 Å². The van der Waals surface area contributed by atoms with Crippen LogP contribution in [0.3, 0.4) is 0 Å². The first kappa shape index (κ1) is 17.0. The van der Waals surface area contributed by atoms with Crippen molar-refractivity contribution in [2.75, 3.05) is 26.2 Å². The summed E-state index contributed by atoms with van der Waals surface area (Å²) in [6, 6.07) is 10.2. The van der Waals surface area contributed by atoms with E-state index in [1.165, 1.54) is 5.56 Å². The zero-order valence-electron chi connectivity index (χ0n) is 11.7. The molecule has 5 heteroatoms. The maximum Gasteiger partial charge on any atom is 0.223 e. The fourth-order valence-corrected chi connectivity index (χ4v) is 2.39. The van der Waals surface area contributed by atoms with Crippen molar-refractivity contribution in [2.45, 2.75) is 19.4 Å². The average molecular weight is 299 g/mol. The highest BCUT2D eigenvalue weighted by atomic mass is 35.5. The van der Waals surface area contributed by atoms with Gasteiger partial charge in [-0.25, -0.2) is 0 Å². The topological polar surface area (TPSA) is 55.6 Å². The van der Waals surface area contributed by atoms with Crippen LogP contribution >= 0.6 is 12.4 Å². The molecule has 0 radical (unpaired) electrons. The highest BCUT2D eigenvalue weighted by Gasteiger charge is 2.25. The Morgan fingerprint density at radius 2 is 2.10 bits per heavy atom. The molecule has 0 spiro atoms. The van der Waals surface area contributed by atoms with Gasteiger partial charge in [-0.15, -0.1) is 12.4 Å². The molecule has 1 saturated heterocycles. The van der Waals surface area contributed by atoms with Gasteiger partial charge in [0.1, 0.15) is 0 Å². The van der Waals surface area contributed by atoms with E-state index in [9.17, 15) is 4.79 Å². The number of hydrogen-bond donors (Lipinski definition) is 1. The van der Waals surface area contributed by atoms with Crippen molar-refractivity contribution in [1.82, 2.24) is 4.90 Å². The molecule has 0 aromatic heterocycles. The third-order valence-corrected chi connectivity index (χ3v) is 3.46. The van der Waals surface area contributed by atoms with E-state index in [0.29, 0.717) is 25.5 Å². The van der Waals surface area contributed by atoms with Crippen LogP contribution in [0.1, 0.15) is 18.4 Å². The van der Waals surface area contributed by atoms with Crippen molar-refractivity contribution in [3.05, 3.63) is 35.9 Å². The minimum Gasteiger partial charge on any atom is -0.376 e. The molecule has 20 heavy (non-hydrogen) atoms. The van der Waals surface area contributed by atoms with E-state index in [1.807, 2.05) is 23.1 Å². The molecule has 1 heterocycles. The van der Waals surface area contributed by atoms with Gasteiger partial charge in [0.15, 0.2) is 0 Å². The summed E-state index contributed by atoms with van der Waals surface area (Å²) in [6.07, 6.45) is 1.49. The van der Waals surface area contributed by atoms with Gasteiger partial charge >= 0.3 is 0 Å². The van der Waals surface area contributed by atoms with Crippen LogP contribution in [0.5, 0.6) is 0 Å². The predicted octanol–water partition coefficient (Wildman–Crippen LogP) is 1.82. The quantitative estimate of drug-likeness (QED) is 0.871. The molecule has 1 aromatic rings. The van der Waals surface area contributed by atoms with Crippen LogP contribution < -0.4 is 5.73 Å². The number of amides is 1. The molecule has 0 aliphatic carbocycles. The third-order valence-electron chi connectivity index (χ3n) is 3.46. The normalized spacial score (nSPS) is 17.9. The largest absolute Gasteiger partial charge is 0.376 e.